The van der Waals surface area contributed by atoms with Gasteiger partial charge in [0.15, 0.2) is 17.3 Å². The third kappa shape index (κ3) is 3.53. The molecule has 28 heavy (non-hydrogen) atoms. The number of hydrogen-bond donors (Lipinski definition) is 1. The molecule has 2 aromatic rings. The molecule has 2 heterocycles. The molecule has 1 amide bonds. The van der Waals surface area contributed by atoms with E-state index >= 15 is 0 Å². The van der Waals surface area contributed by atoms with Gasteiger partial charge in [-0.3, -0.25) is 4.79 Å². The highest BCUT2D eigenvalue weighted by Crippen LogP contribution is 2.30. The van der Waals surface area contributed by atoms with Crippen LogP contribution in [0, 0.1) is 0 Å². The van der Waals surface area contributed by atoms with Gasteiger partial charge in [0.2, 0.25) is 5.91 Å². The summed E-state index contributed by atoms with van der Waals surface area (Å²) in [5.74, 6) is 1.38. The number of amidine groups is 1. The number of likely N-dealkylation sites (N-methyl/N-ethyl adjacent to an activating group) is 1. The second kappa shape index (κ2) is 7.16. The molecular formula is C19H19N3O5S. The summed E-state index contributed by atoms with van der Waals surface area (Å²) in [5.41, 5.74) is 1.39. The molecule has 0 aliphatic carbocycles. The summed E-state index contributed by atoms with van der Waals surface area (Å²) >= 11 is 0. The van der Waals surface area contributed by atoms with E-state index in [4.69, 9.17) is 9.47 Å². The summed E-state index contributed by atoms with van der Waals surface area (Å²) in [6.07, 6.45) is 0. The van der Waals surface area contributed by atoms with E-state index < -0.39 is 10.0 Å². The fourth-order valence-corrected chi connectivity index (χ4v) is 4.36. The molecule has 2 aliphatic rings. The summed E-state index contributed by atoms with van der Waals surface area (Å²) < 4.78 is 39.1. The number of carbonyl (C=O) groups is 1. The zero-order valence-corrected chi connectivity index (χ0v) is 16.0. The summed E-state index contributed by atoms with van der Waals surface area (Å²) in [6.45, 7) is 1.33. The first-order chi connectivity index (χ1) is 13.4. The van der Waals surface area contributed by atoms with Crippen molar-refractivity contribution < 1.29 is 22.7 Å². The standard InChI is InChI=1S/C19H19N3O5S/c1-22(19-14-4-2-3-5-17(14)28(24,25)21-19)12-18(23)20-11-13-6-7-15-16(10-13)27-9-8-26-15/h2-7,10H,8-9,11-12H2,1H3,(H,20,23). The Hall–Kier alpha value is -3.07. The lowest BCUT2D eigenvalue weighted by atomic mass is 10.2. The molecule has 0 fully saturated rings. The van der Waals surface area contributed by atoms with E-state index in [0.29, 0.717) is 36.8 Å². The number of fused-ring (bicyclic) bond motifs is 2. The lowest BCUT2D eigenvalue weighted by Gasteiger charge is -2.20. The summed E-state index contributed by atoms with van der Waals surface area (Å²) in [4.78, 5) is 14.0. The maximum absolute atomic E-state index is 12.3. The first kappa shape index (κ1) is 18.3. The van der Waals surface area contributed by atoms with Crippen LogP contribution in [-0.4, -0.2) is 51.9 Å². The Morgan fingerprint density at radius 2 is 1.89 bits per heavy atom. The fraction of sp³-hybridized carbons (Fsp3) is 0.263. The van der Waals surface area contributed by atoms with E-state index in [1.807, 2.05) is 18.2 Å². The van der Waals surface area contributed by atoms with Crippen molar-refractivity contribution in [1.29, 1.82) is 0 Å². The number of ether oxygens (including phenoxy) is 2. The van der Waals surface area contributed by atoms with Crippen LogP contribution in [0.15, 0.2) is 51.8 Å². The molecule has 1 N–H and O–H groups in total. The molecule has 8 nitrogen and oxygen atoms in total. The van der Waals surface area contributed by atoms with Crippen molar-refractivity contribution in [3.8, 4) is 11.5 Å². The smallest absolute Gasteiger partial charge is 0.285 e. The number of benzene rings is 2. The van der Waals surface area contributed by atoms with Crippen LogP contribution >= 0.6 is 0 Å². The SMILES string of the molecule is CN(CC(=O)NCc1ccc2c(c1)OCCO2)C1=NS(=O)(=O)c2ccccc21. The highest BCUT2D eigenvalue weighted by Gasteiger charge is 2.30. The number of amides is 1. The number of hydrogen-bond acceptors (Lipinski definition) is 6. The molecular weight excluding hydrogens is 382 g/mol. The van der Waals surface area contributed by atoms with Crippen LogP contribution in [0.4, 0.5) is 0 Å². The predicted molar refractivity (Wildman–Crippen MR) is 102 cm³/mol. The van der Waals surface area contributed by atoms with Gasteiger partial charge >= 0.3 is 0 Å². The highest BCUT2D eigenvalue weighted by atomic mass is 32.2. The average Bonchev–Trinajstić information content (AvgIpc) is 2.98. The van der Waals surface area contributed by atoms with E-state index in [-0.39, 0.29) is 23.2 Å². The first-order valence-electron chi connectivity index (χ1n) is 8.75. The van der Waals surface area contributed by atoms with Crippen molar-refractivity contribution in [2.24, 2.45) is 4.40 Å². The van der Waals surface area contributed by atoms with Gasteiger partial charge in [-0.25, -0.2) is 0 Å². The van der Waals surface area contributed by atoms with Crippen molar-refractivity contribution in [1.82, 2.24) is 10.2 Å². The molecule has 0 aromatic heterocycles. The van der Waals surface area contributed by atoms with Crippen molar-refractivity contribution in [2.75, 3.05) is 26.8 Å². The molecule has 146 valence electrons. The average molecular weight is 401 g/mol. The summed E-state index contributed by atoms with van der Waals surface area (Å²) in [5, 5.41) is 2.82. The van der Waals surface area contributed by atoms with Gasteiger partial charge in [0, 0.05) is 19.2 Å². The Kier molecular flexibility index (Phi) is 4.68. The number of carbonyl (C=O) groups excluding carboxylic acids is 1. The topological polar surface area (TPSA) is 97.3 Å². The van der Waals surface area contributed by atoms with E-state index in [0.717, 1.165) is 5.56 Å². The van der Waals surface area contributed by atoms with Crippen LogP contribution in [0.25, 0.3) is 0 Å². The number of rotatable bonds is 4. The number of nitrogens with zero attached hydrogens (tertiary/aromatic N) is 2. The Balaban J connectivity index is 1.39. The fourth-order valence-electron chi connectivity index (χ4n) is 3.11. The van der Waals surface area contributed by atoms with Crippen LogP contribution in [0.1, 0.15) is 11.1 Å². The maximum atomic E-state index is 12.3. The Morgan fingerprint density at radius 1 is 1.14 bits per heavy atom. The molecule has 4 rings (SSSR count). The Bertz CT molecular complexity index is 1060. The minimum atomic E-state index is -3.71. The van der Waals surface area contributed by atoms with Gasteiger partial charge in [0.05, 0.1) is 6.54 Å². The number of nitrogens with one attached hydrogen (secondary N) is 1. The molecule has 0 bridgehead atoms. The quantitative estimate of drug-likeness (QED) is 0.826. The van der Waals surface area contributed by atoms with Crippen LogP contribution in [0.5, 0.6) is 11.5 Å². The molecule has 9 heteroatoms. The molecule has 0 unspecified atom stereocenters. The molecule has 2 aromatic carbocycles. The van der Waals surface area contributed by atoms with Gasteiger partial charge in [-0.2, -0.15) is 8.42 Å². The minimum absolute atomic E-state index is 0.0206. The van der Waals surface area contributed by atoms with Crippen molar-refractivity contribution in [2.45, 2.75) is 11.4 Å². The van der Waals surface area contributed by atoms with Gasteiger partial charge < -0.3 is 19.7 Å². The van der Waals surface area contributed by atoms with Gasteiger partial charge in [-0.15, -0.1) is 4.40 Å². The highest BCUT2D eigenvalue weighted by molar-refractivity contribution is 7.90. The lowest BCUT2D eigenvalue weighted by molar-refractivity contribution is -0.121. The largest absolute Gasteiger partial charge is 0.486 e. The zero-order chi connectivity index (χ0) is 19.7. The monoisotopic (exact) mass is 401 g/mol. The van der Waals surface area contributed by atoms with Crippen LogP contribution in [-0.2, 0) is 21.4 Å². The second-order valence-corrected chi connectivity index (χ2v) is 8.07. The third-order valence-corrected chi connectivity index (χ3v) is 5.78. The molecule has 2 aliphatic heterocycles. The number of sulfonamides is 1. The van der Waals surface area contributed by atoms with Crippen LogP contribution in [0.2, 0.25) is 0 Å². The van der Waals surface area contributed by atoms with Gasteiger partial charge in [-0.1, -0.05) is 18.2 Å². The third-order valence-electron chi connectivity index (χ3n) is 4.45. The zero-order valence-electron chi connectivity index (χ0n) is 15.2. The summed E-state index contributed by atoms with van der Waals surface area (Å²) in [7, 11) is -2.07. The van der Waals surface area contributed by atoms with E-state index in [1.165, 1.54) is 11.0 Å². The maximum Gasteiger partial charge on any atom is 0.285 e. The summed E-state index contributed by atoms with van der Waals surface area (Å²) in [6, 6.07) is 12.1. The van der Waals surface area contributed by atoms with Gasteiger partial charge in [0.1, 0.15) is 18.1 Å². The Labute approximate surface area is 162 Å². The predicted octanol–water partition coefficient (Wildman–Crippen LogP) is 1.15. The van der Waals surface area contributed by atoms with Crippen LogP contribution in [0.3, 0.4) is 0 Å². The van der Waals surface area contributed by atoms with Crippen molar-refractivity contribution >= 4 is 21.8 Å². The molecule has 0 saturated heterocycles. The van der Waals surface area contributed by atoms with E-state index in [9.17, 15) is 13.2 Å². The molecule has 0 atom stereocenters. The second-order valence-electron chi connectivity index (χ2n) is 6.50. The van der Waals surface area contributed by atoms with Crippen molar-refractivity contribution in [3.63, 3.8) is 0 Å². The van der Waals surface area contributed by atoms with E-state index in [1.54, 1.807) is 25.2 Å². The normalized spacial score (nSPS) is 16.1. The van der Waals surface area contributed by atoms with Crippen LogP contribution < -0.4 is 14.8 Å². The minimum Gasteiger partial charge on any atom is -0.486 e. The van der Waals surface area contributed by atoms with E-state index in [2.05, 4.69) is 9.71 Å². The first-order valence-corrected chi connectivity index (χ1v) is 10.2. The molecule has 0 spiro atoms. The lowest BCUT2D eigenvalue weighted by Crippen LogP contribution is -2.38. The molecule has 0 saturated carbocycles. The van der Waals surface area contributed by atoms with Gasteiger partial charge in [0.25, 0.3) is 10.0 Å². The van der Waals surface area contributed by atoms with Crippen molar-refractivity contribution in [3.05, 3.63) is 53.6 Å². The van der Waals surface area contributed by atoms with Gasteiger partial charge in [-0.05, 0) is 29.8 Å². The Morgan fingerprint density at radius 3 is 2.71 bits per heavy atom. The molecule has 0 radical (unpaired) electrons.